The molecule has 0 aliphatic rings. The summed E-state index contributed by atoms with van der Waals surface area (Å²) >= 11 is 0. The molecule has 9 heteroatoms. The summed E-state index contributed by atoms with van der Waals surface area (Å²) in [5.74, 6) is 0. The number of rotatable bonds is 3. The van der Waals surface area contributed by atoms with Crippen molar-refractivity contribution in [3.63, 3.8) is 0 Å². The van der Waals surface area contributed by atoms with E-state index in [0.29, 0.717) is 17.1 Å². The van der Waals surface area contributed by atoms with Crippen LogP contribution in [0.3, 0.4) is 0 Å². The number of nitriles is 2. The summed E-state index contributed by atoms with van der Waals surface area (Å²) in [5, 5.41) is 28.1. The fourth-order valence-electron chi connectivity index (χ4n) is 7.85. The fraction of sp³-hybridized carbons (Fsp3) is 0. The number of nitrogens with zero attached hydrogens (tertiary/aromatic N) is 9. The average molecular weight is 652 g/mol. The zero-order valence-electron chi connectivity index (χ0n) is 26.6. The smallest absolute Gasteiger partial charge is 0.236 e. The number of aromatic nitrogens is 6. The van der Waals surface area contributed by atoms with E-state index in [1.807, 2.05) is 123 Å². The second-order valence-corrected chi connectivity index (χ2v) is 12.2. The predicted molar refractivity (Wildman–Crippen MR) is 199 cm³/mol. The lowest BCUT2D eigenvalue weighted by molar-refractivity contribution is 1.08. The molecule has 0 unspecified atom stereocenters. The van der Waals surface area contributed by atoms with Crippen molar-refractivity contribution in [1.29, 1.82) is 10.5 Å². The van der Waals surface area contributed by atoms with Gasteiger partial charge in [0.05, 0.1) is 67.9 Å². The second kappa shape index (κ2) is 10.6. The quantitative estimate of drug-likeness (QED) is 0.177. The van der Waals surface area contributed by atoms with Gasteiger partial charge in [-0.05, 0) is 36.4 Å². The maximum Gasteiger partial charge on any atom is 0.236 e. The molecule has 9 nitrogen and oxygen atoms in total. The molecular formula is C42H21N9. The molecule has 51 heavy (non-hydrogen) atoms. The summed E-state index contributed by atoms with van der Waals surface area (Å²) in [4.78, 5) is 17.5. The molecule has 6 heterocycles. The van der Waals surface area contributed by atoms with Gasteiger partial charge in [-0.15, -0.1) is 0 Å². The van der Waals surface area contributed by atoms with Gasteiger partial charge >= 0.3 is 0 Å². The molecule has 4 aromatic carbocycles. The van der Waals surface area contributed by atoms with Crippen LogP contribution in [0.25, 0.3) is 87.3 Å². The maximum absolute atomic E-state index is 11.4. The van der Waals surface area contributed by atoms with Crippen LogP contribution in [0.1, 0.15) is 11.1 Å². The van der Waals surface area contributed by atoms with E-state index in [-0.39, 0.29) is 16.8 Å². The van der Waals surface area contributed by atoms with Gasteiger partial charge in [0.15, 0.2) is 0 Å². The van der Waals surface area contributed by atoms with Gasteiger partial charge in [-0.1, -0.05) is 54.6 Å². The summed E-state index contributed by atoms with van der Waals surface area (Å²) in [6, 6.07) is 34.5. The van der Waals surface area contributed by atoms with Gasteiger partial charge in [0.25, 0.3) is 0 Å². The third-order valence-electron chi connectivity index (χ3n) is 9.82. The number of hydrogen-bond acceptors (Lipinski definition) is 5. The van der Waals surface area contributed by atoms with Crippen molar-refractivity contribution in [2.45, 2.75) is 0 Å². The minimum Gasteiger partial charge on any atom is -0.317 e. The Hall–Kier alpha value is -7.80. The average Bonchev–Trinajstić information content (AvgIpc) is 3.82. The predicted octanol–water partition coefficient (Wildman–Crippen LogP) is 9.46. The van der Waals surface area contributed by atoms with Crippen LogP contribution in [0.2, 0.25) is 0 Å². The molecule has 0 spiro atoms. The van der Waals surface area contributed by atoms with Crippen LogP contribution in [0, 0.1) is 29.2 Å². The van der Waals surface area contributed by atoms with Gasteiger partial charge in [-0.25, -0.2) is 4.85 Å². The molecule has 234 valence electrons. The molecule has 0 amide bonds. The van der Waals surface area contributed by atoms with E-state index in [1.165, 1.54) is 0 Å². The molecule has 0 aliphatic carbocycles. The molecule has 0 bridgehead atoms. The van der Waals surface area contributed by atoms with Crippen molar-refractivity contribution < 1.29 is 0 Å². The second-order valence-electron chi connectivity index (χ2n) is 12.2. The van der Waals surface area contributed by atoms with Crippen LogP contribution in [-0.2, 0) is 0 Å². The molecule has 0 saturated heterocycles. The number of fused-ring (bicyclic) bond motifs is 9. The summed E-state index contributed by atoms with van der Waals surface area (Å²) in [5.41, 5.74) is 6.49. The standard InChI is InChI=1S/C42H21N9/c1-45-39-41(50-34-12-6-3-9-26(34)31-23-47-18-15-37(31)50)28(20-43)40(49-33-11-5-2-8-25(33)30-22-46-17-14-36(30)49)29(21-44)42(39)51-35-13-7-4-10-27(35)32-24-48-19-16-38(32)51/h2-19,22-24H. The Bertz CT molecular complexity index is 2720. The van der Waals surface area contributed by atoms with Gasteiger partial charge in [0.1, 0.15) is 12.1 Å². The lowest BCUT2D eigenvalue weighted by Crippen LogP contribution is -2.11. The molecule has 0 saturated carbocycles. The van der Waals surface area contributed by atoms with Gasteiger partial charge in [0, 0.05) is 69.5 Å². The van der Waals surface area contributed by atoms with E-state index in [2.05, 4.69) is 31.9 Å². The number of hydrogen-bond donors (Lipinski definition) is 0. The van der Waals surface area contributed by atoms with E-state index in [4.69, 9.17) is 6.57 Å². The first kappa shape index (κ1) is 28.2. The summed E-state index contributed by atoms with van der Waals surface area (Å²) < 4.78 is 5.95. The highest BCUT2D eigenvalue weighted by atomic mass is 15.1. The van der Waals surface area contributed by atoms with Crippen molar-refractivity contribution in [3.8, 4) is 29.2 Å². The van der Waals surface area contributed by atoms with Crippen molar-refractivity contribution in [3.05, 3.63) is 151 Å². The first-order chi connectivity index (χ1) is 25.2. The van der Waals surface area contributed by atoms with Crippen LogP contribution in [0.5, 0.6) is 0 Å². The minimum absolute atomic E-state index is 0.174. The van der Waals surface area contributed by atoms with Crippen LogP contribution in [0.15, 0.2) is 128 Å². The molecular weight excluding hydrogens is 631 g/mol. The highest BCUT2D eigenvalue weighted by Crippen LogP contribution is 2.48. The molecule has 0 atom stereocenters. The van der Waals surface area contributed by atoms with Crippen LogP contribution in [-0.4, -0.2) is 28.7 Å². The molecule has 0 N–H and O–H groups in total. The third-order valence-corrected chi connectivity index (χ3v) is 9.82. The Kier molecular flexibility index (Phi) is 5.87. The highest BCUT2D eigenvalue weighted by Gasteiger charge is 2.32. The lowest BCUT2D eigenvalue weighted by Gasteiger charge is -2.23. The topological polar surface area (TPSA) is 105 Å². The van der Waals surface area contributed by atoms with Crippen molar-refractivity contribution in [2.24, 2.45) is 0 Å². The van der Waals surface area contributed by atoms with Gasteiger partial charge in [0.2, 0.25) is 5.69 Å². The van der Waals surface area contributed by atoms with Crippen molar-refractivity contribution in [1.82, 2.24) is 28.7 Å². The Labute approximate surface area is 289 Å². The zero-order valence-corrected chi connectivity index (χ0v) is 26.6. The minimum atomic E-state index is 0.174. The van der Waals surface area contributed by atoms with Crippen LogP contribution in [0.4, 0.5) is 5.69 Å². The largest absolute Gasteiger partial charge is 0.317 e. The maximum atomic E-state index is 11.4. The molecule has 0 radical (unpaired) electrons. The van der Waals surface area contributed by atoms with E-state index in [0.717, 1.165) is 65.4 Å². The van der Waals surface area contributed by atoms with Gasteiger partial charge in [-0.3, -0.25) is 15.0 Å². The van der Waals surface area contributed by atoms with E-state index < -0.39 is 0 Å². The van der Waals surface area contributed by atoms with Crippen molar-refractivity contribution in [2.75, 3.05) is 0 Å². The first-order valence-electron chi connectivity index (χ1n) is 16.2. The third kappa shape index (κ3) is 3.68. The van der Waals surface area contributed by atoms with Crippen molar-refractivity contribution >= 4 is 71.1 Å². The fourth-order valence-corrected chi connectivity index (χ4v) is 7.85. The molecule has 0 fully saturated rings. The SMILES string of the molecule is [C-]#[N+]c1c(-n2c3ccccc3c3cnccc32)c(C#N)c(-n2c3ccccc3c3cnccc32)c(C#N)c1-n1c2ccccc2c2cnccc21. The Morgan fingerprint density at radius 1 is 0.451 bits per heavy atom. The van der Waals surface area contributed by atoms with Gasteiger partial charge < -0.3 is 13.7 Å². The van der Waals surface area contributed by atoms with E-state index >= 15 is 0 Å². The van der Waals surface area contributed by atoms with Crippen LogP contribution < -0.4 is 0 Å². The molecule has 10 aromatic rings. The van der Waals surface area contributed by atoms with Crippen LogP contribution >= 0.6 is 0 Å². The number of benzene rings is 4. The molecule has 0 aliphatic heterocycles. The Balaban J connectivity index is 1.53. The molecule has 6 aromatic heterocycles. The Morgan fingerprint density at radius 2 is 0.784 bits per heavy atom. The Morgan fingerprint density at radius 3 is 1.14 bits per heavy atom. The number of para-hydroxylation sites is 3. The van der Waals surface area contributed by atoms with E-state index in [1.54, 1.807) is 18.6 Å². The summed E-state index contributed by atoms with van der Waals surface area (Å²) in [6.07, 6.45) is 10.6. The van der Waals surface area contributed by atoms with Gasteiger partial charge in [-0.2, -0.15) is 10.5 Å². The molecule has 10 rings (SSSR count). The monoisotopic (exact) mass is 651 g/mol. The number of pyridine rings is 3. The lowest BCUT2D eigenvalue weighted by atomic mass is 9.99. The first-order valence-corrected chi connectivity index (χ1v) is 16.2. The normalized spacial score (nSPS) is 11.5. The summed E-state index contributed by atoms with van der Waals surface area (Å²) in [6.45, 7) is 8.85. The van der Waals surface area contributed by atoms with E-state index in [9.17, 15) is 10.5 Å². The zero-order chi connectivity index (χ0) is 34.2. The summed E-state index contributed by atoms with van der Waals surface area (Å²) in [7, 11) is 0. The highest BCUT2D eigenvalue weighted by molar-refractivity contribution is 6.14.